The fraction of sp³-hybridized carbons (Fsp3) is 0.522. The van der Waals surface area contributed by atoms with Crippen molar-refractivity contribution in [3.8, 4) is 0 Å². The predicted molar refractivity (Wildman–Crippen MR) is 238 cm³/mol. The van der Waals surface area contributed by atoms with Crippen LogP contribution >= 0.6 is 0 Å². The molecule has 0 aromatic heterocycles. The molecule has 2 rings (SSSR count). The molecule has 0 atom stereocenters. The molecule has 0 aliphatic carbocycles. The number of allylic oxidation sites excluding steroid dienone is 6. The standard InChI is InChI=1S/2C15H20F2NO.2C8H15Si.Ti/c2*1-5-6-9-18(14(19)15(2,3)4)13-8-7-11(16)10-12(13)17;2*1-5-6-7-8-9(2,3)4;/h2*7-8H,5-6,9H2,1-4H3;2*5-7H,1-4H3;. The fourth-order valence-electron chi connectivity index (χ4n) is 7.36. The predicted octanol–water partition coefficient (Wildman–Crippen LogP) is 12.4. The minimum atomic E-state index is -5.63. The normalized spacial score (nSPS) is 13.9. The molecular weight excluding hydrogens is 793 g/mol. The van der Waals surface area contributed by atoms with Crippen molar-refractivity contribution in [3.05, 3.63) is 91.0 Å². The van der Waals surface area contributed by atoms with Crippen molar-refractivity contribution in [2.75, 3.05) is 22.9 Å². The molecule has 0 saturated carbocycles. The van der Waals surface area contributed by atoms with Gasteiger partial charge in [0.2, 0.25) is 0 Å². The van der Waals surface area contributed by atoms with E-state index in [0.717, 1.165) is 0 Å². The van der Waals surface area contributed by atoms with Crippen LogP contribution in [0.3, 0.4) is 0 Å². The number of anilines is 2. The summed E-state index contributed by atoms with van der Waals surface area (Å²) in [6, 6.07) is 4.94. The van der Waals surface area contributed by atoms with Crippen LogP contribution in [-0.4, -0.2) is 41.1 Å². The van der Waals surface area contributed by atoms with Crippen molar-refractivity contribution in [1.29, 1.82) is 0 Å². The zero-order valence-corrected chi connectivity index (χ0v) is 41.3. The van der Waals surface area contributed by atoms with E-state index in [9.17, 15) is 9.59 Å². The first kappa shape index (κ1) is 50.4. The van der Waals surface area contributed by atoms with Gasteiger partial charge in [0.1, 0.15) is 0 Å². The number of benzene rings is 2. The van der Waals surface area contributed by atoms with Gasteiger partial charge in [-0.1, -0.05) is 0 Å². The number of nitrogens with zero attached hydrogens (tertiary/aromatic N) is 2. The van der Waals surface area contributed by atoms with Crippen molar-refractivity contribution in [2.24, 2.45) is 10.8 Å². The number of hydrogen-bond donors (Lipinski definition) is 0. The number of carbonyl (C=O) groups is 2. The number of carbonyl (C=O) groups excluding carboxylic acids is 2. The first-order chi connectivity index (χ1) is 26.2. The van der Waals surface area contributed by atoms with Gasteiger partial charge in [-0.05, 0) is 0 Å². The van der Waals surface area contributed by atoms with Gasteiger partial charge in [0.15, 0.2) is 0 Å². The fourth-order valence-corrected chi connectivity index (χ4v) is 31.4. The minimum absolute atomic E-state index is 0.110. The number of unbranched alkanes of at least 4 members (excludes halogenated alkanes) is 2. The molecule has 0 N–H and O–H groups in total. The molecule has 57 heavy (non-hydrogen) atoms. The van der Waals surface area contributed by atoms with Crippen LogP contribution in [0.2, 0.25) is 39.3 Å². The molecule has 0 saturated heterocycles. The zero-order valence-electron chi connectivity index (χ0n) is 37.7. The van der Waals surface area contributed by atoms with Crippen LogP contribution < -0.4 is 17.5 Å². The van der Waals surface area contributed by atoms with E-state index in [-0.39, 0.29) is 44.0 Å². The summed E-state index contributed by atoms with van der Waals surface area (Å²) in [5, 5.41) is 0. The average molecular weight is 863 g/mol. The van der Waals surface area contributed by atoms with Crippen molar-refractivity contribution in [2.45, 2.75) is 134 Å². The first-order valence-corrected chi connectivity index (χ1v) is 30.6. The van der Waals surface area contributed by atoms with E-state index in [4.69, 9.17) is 0 Å². The Morgan fingerprint density at radius 2 is 0.930 bits per heavy atom. The van der Waals surface area contributed by atoms with Gasteiger partial charge < -0.3 is 0 Å². The van der Waals surface area contributed by atoms with Crippen LogP contribution in [0.25, 0.3) is 0 Å². The molecule has 11 heteroatoms. The van der Waals surface area contributed by atoms with Gasteiger partial charge in [-0.3, -0.25) is 0 Å². The summed E-state index contributed by atoms with van der Waals surface area (Å²) >= 11 is -5.63. The second-order valence-corrected chi connectivity index (χ2v) is 36.3. The SMILES string of the molecule is CC=CC=[C]([Si](C)(C)C)[Ti]([C](=CC=CC)[Si](C)(C)C)([c]1c(F)ccc(N(CCCC)C(=O)C(C)(C)C)c1F)[c]1c(F)ccc(N(CCCC)C(=O)C(C)(C)C)c1F. The Morgan fingerprint density at radius 1 is 0.614 bits per heavy atom. The molecule has 4 nitrogen and oxygen atoms in total. The average Bonchev–Trinajstić information content (AvgIpc) is 3.08. The van der Waals surface area contributed by atoms with Crippen LogP contribution in [-0.2, 0) is 26.2 Å². The monoisotopic (exact) mass is 862 g/mol. The maximum absolute atomic E-state index is 18.5. The molecular formula is C46H70F4N2O2Si2Ti. The molecule has 0 fully saturated rings. The van der Waals surface area contributed by atoms with Gasteiger partial charge in [0, 0.05) is 0 Å². The third-order valence-electron chi connectivity index (χ3n) is 10.1. The third-order valence-corrected chi connectivity index (χ3v) is 30.6. The number of rotatable bonds is 16. The second kappa shape index (κ2) is 20.0. The van der Waals surface area contributed by atoms with Crippen LogP contribution in [0.15, 0.2) is 67.7 Å². The van der Waals surface area contributed by atoms with E-state index < -0.39 is 66.8 Å². The summed E-state index contributed by atoms with van der Waals surface area (Å²) in [5.74, 6) is -4.47. The molecule has 316 valence electrons. The zero-order chi connectivity index (χ0) is 43.9. The van der Waals surface area contributed by atoms with Gasteiger partial charge >= 0.3 is 350 Å². The van der Waals surface area contributed by atoms with Crippen molar-refractivity contribution in [1.82, 2.24) is 0 Å². The summed E-state index contributed by atoms with van der Waals surface area (Å²) in [7, 11) is -5.62. The molecule has 2 amide bonds. The number of amides is 2. The number of halogens is 4. The Morgan fingerprint density at radius 3 is 1.18 bits per heavy atom. The number of hydrogen-bond acceptors (Lipinski definition) is 2. The van der Waals surface area contributed by atoms with Crippen LogP contribution in [0, 0.1) is 34.1 Å². The van der Waals surface area contributed by atoms with E-state index in [2.05, 4.69) is 0 Å². The van der Waals surface area contributed by atoms with E-state index in [0.29, 0.717) is 32.7 Å². The van der Waals surface area contributed by atoms with E-state index in [1.807, 2.05) is 91.3 Å². The van der Waals surface area contributed by atoms with Gasteiger partial charge in [0.05, 0.1) is 0 Å². The molecule has 0 heterocycles. The summed E-state index contributed by atoms with van der Waals surface area (Å²) in [6.45, 7) is 30.8. The summed E-state index contributed by atoms with van der Waals surface area (Å²) < 4.78 is 72.8. The van der Waals surface area contributed by atoms with Gasteiger partial charge in [-0.15, -0.1) is 0 Å². The van der Waals surface area contributed by atoms with Crippen molar-refractivity contribution >= 4 is 47.1 Å². The molecule has 2 aromatic carbocycles. The molecule has 0 aliphatic rings. The van der Waals surface area contributed by atoms with Gasteiger partial charge in [0.25, 0.3) is 0 Å². The molecule has 0 unspecified atom stereocenters. The third kappa shape index (κ3) is 11.3. The van der Waals surface area contributed by atoms with Crippen LogP contribution in [0.5, 0.6) is 0 Å². The van der Waals surface area contributed by atoms with E-state index in [1.54, 1.807) is 53.7 Å². The Bertz CT molecular complexity index is 1740. The van der Waals surface area contributed by atoms with Gasteiger partial charge in [-0.2, -0.15) is 0 Å². The van der Waals surface area contributed by atoms with E-state index in [1.165, 1.54) is 34.1 Å². The van der Waals surface area contributed by atoms with Gasteiger partial charge in [-0.25, -0.2) is 0 Å². The quantitative estimate of drug-likeness (QED) is 0.0958. The molecule has 2 aromatic rings. The molecule has 0 bridgehead atoms. The second-order valence-electron chi connectivity index (χ2n) is 19.1. The topological polar surface area (TPSA) is 40.6 Å². The summed E-state index contributed by atoms with van der Waals surface area (Å²) in [6.07, 6.45) is 13.5. The van der Waals surface area contributed by atoms with Crippen LogP contribution in [0.4, 0.5) is 28.9 Å². The van der Waals surface area contributed by atoms with Crippen molar-refractivity contribution < 1.29 is 43.7 Å². The van der Waals surface area contributed by atoms with Crippen molar-refractivity contribution in [3.63, 3.8) is 0 Å². The van der Waals surface area contributed by atoms with E-state index >= 15 is 17.6 Å². The Labute approximate surface area is 348 Å². The molecule has 0 spiro atoms. The summed E-state index contributed by atoms with van der Waals surface area (Å²) in [5.41, 5.74) is -2.04. The maximum atomic E-state index is 18.5. The first-order valence-electron chi connectivity index (χ1n) is 20.5. The summed E-state index contributed by atoms with van der Waals surface area (Å²) in [4.78, 5) is 31.1. The Hall–Kier alpha value is -2.79. The Balaban J connectivity index is 3.75. The molecule has 0 radical (unpaired) electrons. The Kier molecular flexibility index (Phi) is 17.6. The molecule has 0 aliphatic heterocycles. The van der Waals surface area contributed by atoms with Crippen LogP contribution in [0.1, 0.15) is 94.9 Å².